The second-order valence-electron chi connectivity index (χ2n) is 6.73. The largest absolute Gasteiger partial charge is 0.464 e. The first-order chi connectivity index (χ1) is 13.3. The first kappa shape index (κ1) is 18.8. The third kappa shape index (κ3) is 3.57. The van der Waals surface area contributed by atoms with Gasteiger partial charge < -0.3 is 14.6 Å². The Hall–Kier alpha value is -2.59. The normalized spacial score (nSPS) is 14.7. The highest BCUT2D eigenvalue weighted by Gasteiger charge is 2.37. The molecule has 7 heteroatoms. The molecular weight excluding hydrogens is 397 g/mol. The third-order valence-electron chi connectivity index (χ3n) is 4.60. The molecular formula is C21H17ClNO4P. The Morgan fingerprint density at radius 2 is 1.86 bits per heavy atom. The molecule has 0 aliphatic rings. The van der Waals surface area contributed by atoms with Gasteiger partial charge in [0.1, 0.15) is 11.2 Å². The molecule has 0 radical (unpaired) electrons. The summed E-state index contributed by atoms with van der Waals surface area (Å²) in [4.78, 5) is 23.3. The van der Waals surface area contributed by atoms with Crippen molar-refractivity contribution in [1.29, 1.82) is 0 Å². The topological polar surface area (TPSA) is 79.5 Å². The van der Waals surface area contributed by atoms with Gasteiger partial charge in [-0.1, -0.05) is 41.9 Å². The van der Waals surface area contributed by atoms with Crippen molar-refractivity contribution in [3.63, 3.8) is 0 Å². The van der Waals surface area contributed by atoms with Crippen molar-refractivity contribution in [3.8, 4) is 0 Å². The van der Waals surface area contributed by atoms with Crippen molar-refractivity contribution in [2.45, 2.75) is 5.66 Å². The lowest BCUT2D eigenvalue weighted by atomic mass is 10.1. The molecule has 142 valence electrons. The van der Waals surface area contributed by atoms with Crippen molar-refractivity contribution in [2.24, 2.45) is 0 Å². The van der Waals surface area contributed by atoms with E-state index in [4.69, 9.17) is 16.0 Å². The Bertz CT molecular complexity index is 1240. The summed E-state index contributed by atoms with van der Waals surface area (Å²) >= 11 is 6.06. The van der Waals surface area contributed by atoms with Crippen LogP contribution in [0.15, 0.2) is 71.3 Å². The predicted octanol–water partition coefficient (Wildman–Crippen LogP) is 5.82. The number of carbonyl (C=O) groups is 1. The standard InChI is InChI=1S/C21H17ClNO4P/c1-28(25,26)20(18-12-27-19-9-7-15(22)11-17(18)19)21(24)23-16-8-6-13-4-2-3-5-14(13)10-16/h2-12,20H,1H3,(H,23,24)(H,25,26). The maximum atomic E-state index is 13.0. The molecule has 0 saturated heterocycles. The summed E-state index contributed by atoms with van der Waals surface area (Å²) in [6.45, 7) is 1.17. The average molecular weight is 414 g/mol. The van der Waals surface area contributed by atoms with E-state index in [1.165, 1.54) is 12.9 Å². The SMILES string of the molecule is CP(=O)(O)C(C(=O)Nc1ccc2ccccc2c1)c1coc2ccc(Cl)cc12. The van der Waals surface area contributed by atoms with Crippen LogP contribution in [0.1, 0.15) is 11.2 Å². The zero-order chi connectivity index (χ0) is 19.9. The molecule has 0 aliphatic heterocycles. The van der Waals surface area contributed by atoms with E-state index in [1.807, 2.05) is 36.4 Å². The number of benzene rings is 3. The summed E-state index contributed by atoms with van der Waals surface area (Å²) in [6.07, 6.45) is 1.35. The number of anilines is 1. The van der Waals surface area contributed by atoms with Gasteiger partial charge in [-0.3, -0.25) is 9.36 Å². The molecule has 28 heavy (non-hydrogen) atoms. The summed E-state index contributed by atoms with van der Waals surface area (Å²) in [5.41, 5.74) is 0.104. The summed E-state index contributed by atoms with van der Waals surface area (Å²) in [6, 6.07) is 18.2. The van der Waals surface area contributed by atoms with Gasteiger partial charge in [-0.15, -0.1) is 0 Å². The molecule has 1 aromatic heterocycles. The van der Waals surface area contributed by atoms with E-state index in [9.17, 15) is 14.3 Å². The van der Waals surface area contributed by atoms with E-state index in [1.54, 1.807) is 24.3 Å². The highest BCUT2D eigenvalue weighted by molar-refractivity contribution is 7.58. The molecule has 2 N–H and O–H groups in total. The Morgan fingerprint density at radius 3 is 2.61 bits per heavy atom. The first-order valence-corrected chi connectivity index (χ1v) is 11.1. The minimum Gasteiger partial charge on any atom is -0.464 e. The van der Waals surface area contributed by atoms with Gasteiger partial charge in [-0.2, -0.15) is 0 Å². The number of amides is 1. The molecule has 0 bridgehead atoms. The molecule has 5 nitrogen and oxygen atoms in total. The quantitative estimate of drug-likeness (QED) is 0.413. The first-order valence-electron chi connectivity index (χ1n) is 8.59. The Balaban J connectivity index is 1.73. The lowest BCUT2D eigenvalue weighted by Gasteiger charge is -2.19. The molecule has 0 fully saturated rings. The van der Waals surface area contributed by atoms with Crippen molar-refractivity contribution in [1.82, 2.24) is 0 Å². The summed E-state index contributed by atoms with van der Waals surface area (Å²) in [7, 11) is -3.84. The van der Waals surface area contributed by atoms with E-state index in [0.29, 0.717) is 27.2 Å². The second-order valence-corrected chi connectivity index (χ2v) is 9.57. The monoisotopic (exact) mass is 413 g/mol. The highest BCUT2D eigenvalue weighted by Crippen LogP contribution is 2.54. The highest BCUT2D eigenvalue weighted by atomic mass is 35.5. The van der Waals surface area contributed by atoms with Crippen LogP contribution in [0.5, 0.6) is 0 Å². The minimum absolute atomic E-state index is 0.337. The van der Waals surface area contributed by atoms with Crippen molar-refractivity contribution >= 4 is 52.3 Å². The number of carbonyl (C=O) groups excluding carboxylic acids is 1. The number of halogens is 1. The fourth-order valence-corrected chi connectivity index (χ4v) is 4.72. The van der Waals surface area contributed by atoms with E-state index >= 15 is 0 Å². The van der Waals surface area contributed by atoms with E-state index < -0.39 is 18.9 Å². The van der Waals surface area contributed by atoms with Crippen LogP contribution in [0.2, 0.25) is 5.02 Å². The molecule has 0 spiro atoms. The Labute approximate surface area is 166 Å². The molecule has 0 aliphatic carbocycles. The van der Waals surface area contributed by atoms with Crippen LogP contribution >= 0.6 is 19.0 Å². The summed E-state index contributed by atoms with van der Waals surface area (Å²) < 4.78 is 18.1. The lowest BCUT2D eigenvalue weighted by Crippen LogP contribution is -2.21. The number of rotatable bonds is 4. The minimum atomic E-state index is -3.84. The molecule has 1 heterocycles. The maximum Gasteiger partial charge on any atom is 0.241 e. The van der Waals surface area contributed by atoms with Crippen LogP contribution in [0, 0.1) is 0 Å². The maximum absolute atomic E-state index is 13.0. The molecule has 0 saturated carbocycles. The zero-order valence-corrected chi connectivity index (χ0v) is 16.6. The Kier molecular flexibility index (Phi) is 4.76. The fourth-order valence-electron chi connectivity index (χ4n) is 3.33. The molecule has 4 aromatic rings. The van der Waals surface area contributed by atoms with Crippen LogP contribution in [0.3, 0.4) is 0 Å². The number of furan rings is 1. The number of hydrogen-bond donors (Lipinski definition) is 2. The van der Waals surface area contributed by atoms with Crippen LogP contribution < -0.4 is 5.32 Å². The predicted molar refractivity (Wildman–Crippen MR) is 112 cm³/mol. The van der Waals surface area contributed by atoms with E-state index in [-0.39, 0.29) is 0 Å². The lowest BCUT2D eigenvalue weighted by molar-refractivity contribution is -0.116. The van der Waals surface area contributed by atoms with Crippen molar-refractivity contribution in [3.05, 3.63) is 77.5 Å². The fraction of sp³-hybridized carbons (Fsp3) is 0.0952. The second kappa shape index (κ2) is 7.10. The van der Waals surface area contributed by atoms with Crippen LogP contribution in [0.4, 0.5) is 5.69 Å². The van der Waals surface area contributed by atoms with Gasteiger partial charge in [0.05, 0.1) is 6.26 Å². The van der Waals surface area contributed by atoms with Gasteiger partial charge in [-0.25, -0.2) is 0 Å². The molecule has 4 rings (SSSR count). The van der Waals surface area contributed by atoms with Crippen LogP contribution in [0.25, 0.3) is 21.7 Å². The van der Waals surface area contributed by atoms with E-state index in [2.05, 4.69) is 5.32 Å². The van der Waals surface area contributed by atoms with Gasteiger partial charge in [-0.05, 0) is 41.1 Å². The van der Waals surface area contributed by atoms with Gasteiger partial charge in [0.15, 0.2) is 0 Å². The molecule has 3 aromatic carbocycles. The van der Waals surface area contributed by atoms with Gasteiger partial charge in [0.2, 0.25) is 13.3 Å². The average Bonchev–Trinajstić information content (AvgIpc) is 3.03. The molecule has 2 unspecified atom stereocenters. The van der Waals surface area contributed by atoms with E-state index in [0.717, 1.165) is 10.8 Å². The molecule has 2 atom stereocenters. The van der Waals surface area contributed by atoms with Crippen LogP contribution in [-0.4, -0.2) is 17.5 Å². The van der Waals surface area contributed by atoms with Crippen molar-refractivity contribution < 1.29 is 18.7 Å². The zero-order valence-electron chi connectivity index (χ0n) is 14.9. The number of nitrogens with one attached hydrogen (secondary N) is 1. The number of fused-ring (bicyclic) bond motifs is 2. The van der Waals surface area contributed by atoms with Gasteiger partial charge in [0, 0.05) is 28.3 Å². The number of hydrogen-bond acceptors (Lipinski definition) is 3. The Morgan fingerprint density at radius 1 is 1.11 bits per heavy atom. The summed E-state index contributed by atoms with van der Waals surface area (Å²) in [5.74, 6) is -0.578. The van der Waals surface area contributed by atoms with Gasteiger partial charge >= 0.3 is 0 Å². The summed E-state index contributed by atoms with van der Waals surface area (Å²) in [5, 5.41) is 5.75. The smallest absolute Gasteiger partial charge is 0.241 e. The third-order valence-corrected chi connectivity index (χ3v) is 6.31. The molecule has 1 amide bonds. The van der Waals surface area contributed by atoms with Crippen molar-refractivity contribution in [2.75, 3.05) is 12.0 Å². The van der Waals surface area contributed by atoms with Gasteiger partial charge in [0.25, 0.3) is 0 Å². The van der Waals surface area contributed by atoms with Crippen LogP contribution in [-0.2, 0) is 9.36 Å².